The van der Waals surface area contributed by atoms with Gasteiger partial charge in [0.25, 0.3) is 0 Å². The number of nitrogens with zero attached hydrogens (tertiary/aromatic N) is 2. The number of para-hydroxylation sites is 1. The number of aromatic nitrogens is 2. The molecule has 94 valence electrons. The van der Waals surface area contributed by atoms with Crippen molar-refractivity contribution in [2.75, 3.05) is 0 Å². The van der Waals surface area contributed by atoms with Gasteiger partial charge < -0.3 is 11.5 Å². The Morgan fingerprint density at radius 2 is 2.22 bits per heavy atom. The average Bonchev–Trinajstić information content (AvgIpc) is 2.93. The number of rotatable bonds is 2. The van der Waals surface area contributed by atoms with Crippen LogP contribution in [0.1, 0.15) is 25.3 Å². The molecule has 18 heavy (non-hydrogen) atoms. The topological polar surface area (TPSA) is 86.9 Å². The minimum atomic E-state index is -0.877. The number of benzene rings is 1. The van der Waals surface area contributed by atoms with Crippen LogP contribution in [0.3, 0.4) is 0 Å². The number of hydrogen-bond acceptors (Lipinski definition) is 3. The Labute approximate surface area is 105 Å². The summed E-state index contributed by atoms with van der Waals surface area (Å²) in [6.07, 6.45) is 3.87. The normalized spacial score (nSPS) is 27.7. The molecule has 0 aliphatic heterocycles. The van der Waals surface area contributed by atoms with Crippen LogP contribution in [-0.2, 0) is 4.79 Å². The van der Waals surface area contributed by atoms with Crippen molar-refractivity contribution in [3.63, 3.8) is 0 Å². The molecule has 0 saturated heterocycles. The van der Waals surface area contributed by atoms with Gasteiger partial charge >= 0.3 is 0 Å². The highest BCUT2D eigenvalue weighted by molar-refractivity contribution is 5.85. The lowest BCUT2D eigenvalue weighted by Crippen LogP contribution is -2.49. The summed E-state index contributed by atoms with van der Waals surface area (Å²) in [7, 11) is 0. The van der Waals surface area contributed by atoms with Gasteiger partial charge in [0, 0.05) is 5.39 Å². The molecule has 2 unspecified atom stereocenters. The molecule has 5 heteroatoms. The number of nitrogens with two attached hydrogens (primary N) is 2. The van der Waals surface area contributed by atoms with E-state index in [4.69, 9.17) is 11.5 Å². The average molecular weight is 244 g/mol. The van der Waals surface area contributed by atoms with Gasteiger partial charge in [0.05, 0.1) is 23.3 Å². The summed E-state index contributed by atoms with van der Waals surface area (Å²) in [5.74, 6) is -0.415. The lowest BCUT2D eigenvalue weighted by atomic mass is 9.98. The van der Waals surface area contributed by atoms with Crippen LogP contribution in [0.2, 0.25) is 0 Å². The van der Waals surface area contributed by atoms with Gasteiger partial charge in [0.1, 0.15) is 0 Å². The van der Waals surface area contributed by atoms with E-state index in [1.807, 2.05) is 35.1 Å². The fourth-order valence-corrected chi connectivity index (χ4v) is 2.76. The van der Waals surface area contributed by atoms with E-state index in [-0.39, 0.29) is 6.04 Å². The van der Waals surface area contributed by atoms with E-state index in [9.17, 15) is 4.79 Å². The maximum atomic E-state index is 11.4. The van der Waals surface area contributed by atoms with Crippen molar-refractivity contribution in [1.82, 2.24) is 9.78 Å². The van der Waals surface area contributed by atoms with Crippen molar-refractivity contribution in [2.45, 2.75) is 30.8 Å². The fraction of sp³-hybridized carbons (Fsp3) is 0.385. The Morgan fingerprint density at radius 3 is 2.94 bits per heavy atom. The number of hydrogen-bond donors (Lipinski definition) is 2. The SMILES string of the molecule is NC(=O)C1(N)CCC(n2ncc3ccccc32)C1. The van der Waals surface area contributed by atoms with E-state index in [2.05, 4.69) is 5.10 Å². The van der Waals surface area contributed by atoms with E-state index in [0.29, 0.717) is 12.8 Å². The molecule has 1 aromatic heterocycles. The maximum Gasteiger partial charge on any atom is 0.237 e. The van der Waals surface area contributed by atoms with Gasteiger partial charge in [0.2, 0.25) is 5.91 Å². The van der Waals surface area contributed by atoms with Crippen molar-refractivity contribution >= 4 is 16.8 Å². The minimum Gasteiger partial charge on any atom is -0.368 e. The molecule has 0 spiro atoms. The van der Waals surface area contributed by atoms with Gasteiger partial charge in [0.15, 0.2) is 0 Å². The zero-order valence-electron chi connectivity index (χ0n) is 10.0. The lowest BCUT2D eigenvalue weighted by molar-refractivity contribution is -0.123. The molecule has 0 radical (unpaired) electrons. The predicted molar refractivity (Wildman–Crippen MR) is 68.7 cm³/mol. The van der Waals surface area contributed by atoms with Crippen molar-refractivity contribution in [2.24, 2.45) is 11.5 Å². The first-order valence-corrected chi connectivity index (χ1v) is 6.11. The van der Waals surface area contributed by atoms with Crippen LogP contribution in [0.4, 0.5) is 0 Å². The number of amides is 1. The molecular weight excluding hydrogens is 228 g/mol. The summed E-state index contributed by atoms with van der Waals surface area (Å²) in [5.41, 5.74) is 11.6. The number of primary amides is 1. The minimum absolute atomic E-state index is 0.155. The van der Waals surface area contributed by atoms with E-state index in [1.54, 1.807) is 0 Å². The molecule has 1 amide bonds. The fourth-order valence-electron chi connectivity index (χ4n) is 2.76. The molecular formula is C13H16N4O. The molecule has 1 fully saturated rings. The Balaban J connectivity index is 1.95. The Bertz CT molecular complexity index is 606. The van der Waals surface area contributed by atoms with Crippen LogP contribution in [-0.4, -0.2) is 21.2 Å². The van der Waals surface area contributed by atoms with E-state index in [1.165, 1.54) is 0 Å². The molecule has 5 nitrogen and oxygen atoms in total. The van der Waals surface area contributed by atoms with Crippen LogP contribution >= 0.6 is 0 Å². The third kappa shape index (κ3) is 1.59. The number of carbonyl (C=O) groups is 1. The summed E-state index contributed by atoms with van der Waals surface area (Å²) in [6, 6.07) is 8.18. The molecule has 1 heterocycles. The second-order valence-corrected chi connectivity index (χ2v) is 5.06. The van der Waals surface area contributed by atoms with Gasteiger partial charge in [-0.2, -0.15) is 5.10 Å². The number of carbonyl (C=O) groups excluding carboxylic acids is 1. The summed E-state index contributed by atoms with van der Waals surface area (Å²) >= 11 is 0. The predicted octanol–water partition coefficient (Wildman–Crippen LogP) is 0.944. The zero-order chi connectivity index (χ0) is 12.8. The van der Waals surface area contributed by atoms with Gasteiger partial charge in [-0.1, -0.05) is 18.2 Å². The maximum absolute atomic E-state index is 11.4. The summed E-state index contributed by atoms with van der Waals surface area (Å²) < 4.78 is 1.97. The highest BCUT2D eigenvalue weighted by Crippen LogP contribution is 2.37. The third-order valence-electron chi connectivity index (χ3n) is 3.86. The summed E-state index contributed by atoms with van der Waals surface area (Å²) in [5, 5.41) is 5.51. The zero-order valence-corrected chi connectivity index (χ0v) is 10.0. The molecule has 2 atom stereocenters. The molecule has 4 N–H and O–H groups in total. The van der Waals surface area contributed by atoms with Crippen molar-refractivity contribution < 1.29 is 4.79 Å². The Kier molecular flexibility index (Phi) is 2.38. The van der Waals surface area contributed by atoms with Crippen molar-refractivity contribution in [3.05, 3.63) is 30.5 Å². The lowest BCUT2D eigenvalue weighted by Gasteiger charge is -2.19. The van der Waals surface area contributed by atoms with Crippen molar-refractivity contribution in [1.29, 1.82) is 0 Å². The van der Waals surface area contributed by atoms with Gasteiger partial charge in [-0.05, 0) is 25.3 Å². The van der Waals surface area contributed by atoms with Gasteiger partial charge in [-0.15, -0.1) is 0 Å². The summed E-state index contributed by atoms with van der Waals surface area (Å²) in [4.78, 5) is 11.4. The van der Waals surface area contributed by atoms with Crippen LogP contribution < -0.4 is 11.5 Å². The first-order chi connectivity index (χ1) is 8.60. The summed E-state index contributed by atoms with van der Waals surface area (Å²) in [6.45, 7) is 0. The third-order valence-corrected chi connectivity index (χ3v) is 3.86. The number of fused-ring (bicyclic) bond motifs is 1. The largest absolute Gasteiger partial charge is 0.368 e. The molecule has 1 aliphatic rings. The van der Waals surface area contributed by atoms with E-state index < -0.39 is 11.4 Å². The quantitative estimate of drug-likeness (QED) is 0.824. The second-order valence-electron chi connectivity index (χ2n) is 5.06. The first kappa shape index (κ1) is 11.2. The van der Waals surface area contributed by atoms with Crippen LogP contribution in [0, 0.1) is 0 Å². The molecule has 0 bridgehead atoms. The second kappa shape index (κ2) is 3.81. The van der Waals surface area contributed by atoms with Crippen molar-refractivity contribution in [3.8, 4) is 0 Å². The molecule has 1 saturated carbocycles. The van der Waals surface area contributed by atoms with E-state index in [0.717, 1.165) is 17.3 Å². The monoisotopic (exact) mass is 244 g/mol. The highest BCUT2D eigenvalue weighted by atomic mass is 16.1. The van der Waals surface area contributed by atoms with E-state index >= 15 is 0 Å². The highest BCUT2D eigenvalue weighted by Gasteiger charge is 2.41. The molecule has 3 rings (SSSR count). The molecule has 1 aromatic carbocycles. The molecule has 2 aromatic rings. The van der Waals surface area contributed by atoms with Crippen LogP contribution in [0.5, 0.6) is 0 Å². The van der Waals surface area contributed by atoms with Crippen LogP contribution in [0.15, 0.2) is 30.5 Å². The smallest absolute Gasteiger partial charge is 0.237 e. The Hall–Kier alpha value is -1.88. The first-order valence-electron chi connectivity index (χ1n) is 6.11. The Morgan fingerprint density at radius 1 is 1.44 bits per heavy atom. The van der Waals surface area contributed by atoms with Gasteiger partial charge in [-0.25, -0.2) is 0 Å². The standard InChI is InChI=1S/C13H16N4O/c14-12(18)13(15)6-5-10(7-13)17-11-4-2-1-3-9(11)8-16-17/h1-4,8,10H,5-7,15H2,(H2,14,18). The van der Waals surface area contributed by atoms with Gasteiger partial charge in [-0.3, -0.25) is 9.48 Å². The molecule has 1 aliphatic carbocycles. The van der Waals surface area contributed by atoms with Crippen LogP contribution in [0.25, 0.3) is 10.9 Å².